The van der Waals surface area contributed by atoms with Crippen LogP contribution in [0.25, 0.3) is 0 Å². The van der Waals surface area contributed by atoms with Crippen LogP contribution in [0.2, 0.25) is 0 Å². The van der Waals surface area contributed by atoms with Crippen LogP contribution in [0.15, 0.2) is 18.2 Å². The summed E-state index contributed by atoms with van der Waals surface area (Å²) in [7, 11) is 3.29. The number of hydrogen-bond donors (Lipinski definition) is 7. The molecule has 1 aromatic rings. The Morgan fingerprint density at radius 3 is 2.45 bits per heavy atom. The number of aryl methyl sites for hydroxylation is 1. The van der Waals surface area contributed by atoms with E-state index in [-0.39, 0.29) is 13.0 Å². The second kappa shape index (κ2) is 9.42. The van der Waals surface area contributed by atoms with Gasteiger partial charge in [-0.1, -0.05) is 6.07 Å². The molecule has 2 aliphatic heterocycles. The van der Waals surface area contributed by atoms with Gasteiger partial charge < -0.3 is 50.6 Å². The van der Waals surface area contributed by atoms with E-state index in [4.69, 9.17) is 14.2 Å². The van der Waals surface area contributed by atoms with E-state index in [0.717, 1.165) is 11.4 Å². The van der Waals surface area contributed by atoms with Crippen molar-refractivity contribution in [2.45, 2.75) is 87.1 Å². The number of fused-ring (bicyclic) bond motifs is 2. The highest BCUT2D eigenvalue weighted by atomic mass is 16.8. The molecule has 0 amide bonds. The Balaban J connectivity index is 1.57. The van der Waals surface area contributed by atoms with E-state index in [1.807, 2.05) is 25.1 Å². The van der Waals surface area contributed by atoms with Crippen LogP contribution in [0, 0.1) is 6.92 Å². The van der Waals surface area contributed by atoms with Crippen molar-refractivity contribution < 1.29 is 34.6 Å². The van der Waals surface area contributed by atoms with Crippen LogP contribution < -0.4 is 16.0 Å². The number of rotatable bonds is 6. The molecule has 11 nitrogen and oxygen atoms in total. The molecule has 0 spiro atoms. The van der Waals surface area contributed by atoms with Crippen molar-refractivity contribution in [1.29, 1.82) is 0 Å². The van der Waals surface area contributed by atoms with E-state index in [1.54, 1.807) is 21.0 Å². The fraction of sp³-hybridized carbons (Fsp3) is 0.773. The minimum absolute atomic E-state index is 0.0153. The third kappa shape index (κ3) is 4.31. The summed E-state index contributed by atoms with van der Waals surface area (Å²) in [5, 5.41) is 53.9. The summed E-state index contributed by atoms with van der Waals surface area (Å²) >= 11 is 0. The first-order valence-corrected chi connectivity index (χ1v) is 11.4. The Labute approximate surface area is 193 Å². The smallest absolute Gasteiger partial charge is 0.249 e. The van der Waals surface area contributed by atoms with Crippen molar-refractivity contribution in [2.24, 2.45) is 0 Å². The predicted octanol–water partition coefficient (Wildman–Crippen LogP) is -2.27. The van der Waals surface area contributed by atoms with Gasteiger partial charge in [0.25, 0.3) is 0 Å². The summed E-state index contributed by atoms with van der Waals surface area (Å²) in [5.74, 6) is -2.23. The number of likely N-dealkylation sites (N-methyl/N-ethyl adjacent to an activating group) is 2. The molecule has 1 aromatic heterocycles. The summed E-state index contributed by atoms with van der Waals surface area (Å²) < 4.78 is 17.9. The summed E-state index contributed by atoms with van der Waals surface area (Å²) in [6, 6.07) is 4.33. The molecule has 3 heterocycles. The maximum atomic E-state index is 11.6. The van der Waals surface area contributed by atoms with Gasteiger partial charge in [0.15, 0.2) is 0 Å². The van der Waals surface area contributed by atoms with Gasteiger partial charge in [0.1, 0.15) is 23.9 Å². The fourth-order valence-corrected chi connectivity index (χ4v) is 5.32. The van der Waals surface area contributed by atoms with Gasteiger partial charge in [0.05, 0.1) is 30.0 Å². The first-order valence-electron chi connectivity index (χ1n) is 11.4. The number of nitrogens with one attached hydrogen (secondary N) is 3. The van der Waals surface area contributed by atoms with Crippen molar-refractivity contribution in [3.63, 3.8) is 0 Å². The largest absolute Gasteiger partial charge is 0.390 e. The van der Waals surface area contributed by atoms with Gasteiger partial charge in [-0.05, 0) is 40.1 Å². The van der Waals surface area contributed by atoms with Gasteiger partial charge in [-0.3, -0.25) is 4.98 Å². The summed E-state index contributed by atoms with van der Waals surface area (Å²) in [6.07, 6.45) is -5.66. The molecule has 7 N–H and O–H groups in total. The highest BCUT2D eigenvalue weighted by molar-refractivity contribution is 5.13. The Bertz CT molecular complexity index is 834. The first kappa shape index (κ1) is 24.9. The average molecular weight is 469 g/mol. The highest BCUT2D eigenvalue weighted by Gasteiger charge is 2.68. The average Bonchev–Trinajstić information content (AvgIpc) is 2.75. The molecule has 186 valence electrons. The molecule has 3 aliphatic rings. The molecule has 4 rings (SSSR count). The molecule has 0 radical (unpaired) electrons. The number of nitrogens with zero attached hydrogens (tertiary/aromatic N) is 1. The lowest BCUT2D eigenvalue weighted by Crippen LogP contribution is -2.81. The number of ether oxygens (including phenoxy) is 3. The molecule has 2 saturated heterocycles. The van der Waals surface area contributed by atoms with Crippen molar-refractivity contribution >= 4 is 0 Å². The number of pyridine rings is 1. The summed E-state index contributed by atoms with van der Waals surface area (Å²) in [5.41, 5.74) is -0.0816. The van der Waals surface area contributed by atoms with E-state index in [9.17, 15) is 20.4 Å². The van der Waals surface area contributed by atoms with Gasteiger partial charge >= 0.3 is 0 Å². The van der Waals surface area contributed by atoms with Crippen LogP contribution in [0.5, 0.6) is 0 Å². The van der Waals surface area contributed by atoms with Crippen LogP contribution in [0.1, 0.15) is 24.7 Å². The van der Waals surface area contributed by atoms with Crippen LogP contribution in [-0.2, 0) is 20.8 Å². The summed E-state index contributed by atoms with van der Waals surface area (Å²) in [6.45, 7) is 4.04. The molecule has 10 atom stereocenters. The second-order valence-corrected chi connectivity index (χ2v) is 9.38. The van der Waals surface area contributed by atoms with E-state index >= 15 is 0 Å². The molecule has 0 bridgehead atoms. The van der Waals surface area contributed by atoms with Crippen molar-refractivity contribution in [2.75, 3.05) is 20.6 Å². The van der Waals surface area contributed by atoms with Crippen LogP contribution in [-0.4, -0.2) is 106 Å². The minimum atomic E-state index is -2.23. The summed E-state index contributed by atoms with van der Waals surface area (Å²) in [4.78, 5) is 4.44. The number of aromatic nitrogens is 1. The molecular formula is C22H36N4O7. The lowest BCUT2D eigenvalue weighted by atomic mass is 9.77. The molecule has 1 aliphatic carbocycles. The molecule has 33 heavy (non-hydrogen) atoms. The van der Waals surface area contributed by atoms with Crippen molar-refractivity contribution in [1.82, 2.24) is 20.9 Å². The number of aliphatic hydroxyl groups excluding tert-OH is 2. The molecule has 3 fully saturated rings. The molecule has 0 unspecified atom stereocenters. The van der Waals surface area contributed by atoms with E-state index in [2.05, 4.69) is 20.9 Å². The van der Waals surface area contributed by atoms with E-state index < -0.39 is 60.3 Å². The predicted molar refractivity (Wildman–Crippen MR) is 117 cm³/mol. The number of aliphatic hydroxyl groups is 4. The van der Waals surface area contributed by atoms with Crippen LogP contribution in [0.3, 0.4) is 0 Å². The SMILES string of the molecule is CN[C@@H]1[C@H](O)[C@H](NC)[C@H]2O[C@]3(O)[C@H](O[C@@H]2[C@H]1O)O[C@H](C)C[C@@]3(O)CNCc1cccc(C)n1. The topological polar surface area (TPSA) is 158 Å². The van der Waals surface area contributed by atoms with Gasteiger partial charge in [0, 0.05) is 25.2 Å². The second-order valence-electron chi connectivity index (χ2n) is 9.38. The fourth-order valence-electron chi connectivity index (χ4n) is 5.32. The number of hydrogen-bond acceptors (Lipinski definition) is 11. The normalized spacial score (nSPS) is 45.3. The quantitative estimate of drug-likeness (QED) is 0.241. The van der Waals surface area contributed by atoms with Crippen LogP contribution >= 0.6 is 0 Å². The monoisotopic (exact) mass is 468 g/mol. The van der Waals surface area contributed by atoms with E-state index in [0.29, 0.717) is 6.54 Å². The van der Waals surface area contributed by atoms with Crippen molar-refractivity contribution in [3.8, 4) is 0 Å². The minimum Gasteiger partial charge on any atom is -0.390 e. The lowest BCUT2D eigenvalue weighted by Gasteiger charge is -2.60. The zero-order chi connectivity index (χ0) is 24.0. The highest BCUT2D eigenvalue weighted by Crippen LogP contribution is 2.46. The molecule has 1 saturated carbocycles. The standard InChI is InChI=1S/C22H36N4O7/c1-11-6-5-7-13(26-11)9-25-10-21(29)8-12(2)31-20-22(21,30)33-18-15(24-4)16(27)14(23-3)17(28)19(18)32-20/h5-7,12,14-20,23-25,27-30H,8-10H2,1-4H3/t12-,14-,15+,16+,17+,18-,19-,20+,21-,22-/m1/s1. The molecule has 11 heteroatoms. The van der Waals surface area contributed by atoms with Crippen LogP contribution in [0.4, 0.5) is 0 Å². The van der Waals surface area contributed by atoms with Gasteiger partial charge in [-0.2, -0.15) is 0 Å². The molecular weight excluding hydrogens is 432 g/mol. The Kier molecular flexibility index (Phi) is 7.10. The third-order valence-electron chi connectivity index (χ3n) is 7.02. The van der Waals surface area contributed by atoms with Crippen molar-refractivity contribution in [3.05, 3.63) is 29.6 Å². The first-order chi connectivity index (χ1) is 15.6. The van der Waals surface area contributed by atoms with E-state index in [1.165, 1.54) is 0 Å². The maximum Gasteiger partial charge on any atom is 0.249 e. The zero-order valence-electron chi connectivity index (χ0n) is 19.4. The van der Waals surface area contributed by atoms with Gasteiger partial charge in [-0.25, -0.2) is 0 Å². The Morgan fingerprint density at radius 1 is 1.06 bits per heavy atom. The van der Waals surface area contributed by atoms with Gasteiger partial charge in [-0.15, -0.1) is 0 Å². The van der Waals surface area contributed by atoms with Gasteiger partial charge in [0.2, 0.25) is 12.1 Å². The zero-order valence-corrected chi connectivity index (χ0v) is 19.4. The third-order valence-corrected chi connectivity index (χ3v) is 7.02. The Hall–Kier alpha value is -1.25. The lowest BCUT2D eigenvalue weighted by molar-refractivity contribution is -0.482. The Morgan fingerprint density at radius 2 is 1.79 bits per heavy atom. The maximum absolute atomic E-state index is 11.6. The molecule has 0 aromatic carbocycles.